The van der Waals surface area contributed by atoms with Gasteiger partial charge >= 0.3 is 0 Å². The quantitative estimate of drug-likeness (QED) is 0.140. The SMILES string of the molecule is C=CCCC/C=[N+](/C)[O-]. The van der Waals surface area contributed by atoms with Crippen LogP contribution in [0.4, 0.5) is 0 Å². The van der Waals surface area contributed by atoms with Crippen molar-refractivity contribution in [1.82, 2.24) is 0 Å². The number of hydrogen-bond acceptors (Lipinski definition) is 1. The maximum absolute atomic E-state index is 10.2. The van der Waals surface area contributed by atoms with Gasteiger partial charge < -0.3 is 5.21 Å². The third kappa shape index (κ3) is 7.21. The van der Waals surface area contributed by atoms with Crippen LogP contribution < -0.4 is 0 Å². The van der Waals surface area contributed by atoms with E-state index in [-0.39, 0.29) is 0 Å². The van der Waals surface area contributed by atoms with Crippen LogP contribution in [0.25, 0.3) is 0 Å². The minimum absolute atomic E-state index is 0.836. The lowest BCUT2D eigenvalue weighted by Gasteiger charge is -1.92. The van der Waals surface area contributed by atoms with Gasteiger partial charge in [-0.05, 0) is 12.8 Å². The van der Waals surface area contributed by atoms with Crippen LogP contribution in [0.5, 0.6) is 0 Å². The van der Waals surface area contributed by atoms with E-state index in [9.17, 15) is 5.21 Å². The van der Waals surface area contributed by atoms with E-state index in [4.69, 9.17) is 0 Å². The highest BCUT2D eigenvalue weighted by Gasteiger charge is 1.82. The van der Waals surface area contributed by atoms with Crippen LogP contribution in [0.1, 0.15) is 19.3 Å². The van der Waals surface area contributed by atoms with Crippen molar-refractivity contribution in [3.63, 3.8) is 0 Å². The molecule has 0 saturated heterocycles. The zero-order valence-electron chi connectivity index (χ0n) is 5.84. The van der Waals surface area contributed by atoms with Crippen molar-refractivity contribution in [2.24, 2.45) is 0 Å². The molecule has 0 heterocycles. The molecule has 0 aromatic carbocycles. The van der Waals surface area contributed by atoms with E-state index in [0.717, 1.165) is 24.0 Å². The zero-order chi connectivity index (χ0) is 7.11. The molecule has 0 fully saturated rings. The predicted molar refractivity (Wildman–Crippen MR) is 39.7 cm³/mol. The molecule has 2 heteroatoms. The maximum Gasteiger partial charge on any atom is 0.150 e. The first-order valence-corrected chi connectivity index (χ1v) is 3.11. The summed E-state index contributed by atoms with van der Waals surface area (Å²) in [5, 5.41) is 10.2. The molecule has 2 nitrogen and oxygen atoms in total. The summed E-state index contributed by atoms with van der Waals surface area (Å²) in [5.41, 5.74) is 0. The average Bonchev–Trinajstić information content (AvgIpc) is 1.80. The van der Waals surface area contributed by atoms with Gasteiger partial charge in [-0.3, -0.25) is 0 Å². The molecular weight excluding hydrogens is 114 g/mol. The molecule has 0 N–H and O–H groups in total. The molecule has 52 valence electrons. The Bertz CT molecular complexity index is 103. The van der Waals surface area contributed by atoms with Crippen LogP contribution in [0.2, 0.25) is 0 Å². The van der Waals surface area contributed by atoms with Crippen molar-refractivity contribution in [3.8, 4) is 0 Å². The summed E-state index contributed by atoms with van der Waals surface area (Å²) in [6.07, 6.45) is 6.36. The van der Waals surface area contributed by atoms with Crippen LogP contribution in [0, 0.1) is 5.21 Å². The second-order valence-corrected chi connectivity index (χ2v) is 1.95. The number of hydrogen-bond donors (Lipinski definition) is 0. The van der Waals surface area contributed by atoms with Gasteiger partial charge in [0, 0.05) is 6.42 Å². The van der Waals surface area contributed by atoms with E-state index in [1.54, 1.807) is 6.21 Å². The minimum atomic E-state index is 0.836. The first-order chi connectivity index (χ1) is 4.27. The zero-order valence-corrected chi connectivity index (χ0v) is 5.84. The number of hydroxylamine groups is 1. The molecular formula is C7H13NO. The van der Waals surface area contributed by atoms with E-state index in [1.165, 1.54) is 7.05 Å². The maximum atomic E-state index is 10.2. The van der Waals surface area contributed by atoms with Gasteiger partial charge in [-0.1, -0.05) is 6.08 Å². The molecule has 0 amide bonds. The predicted octanol–water partition coefficient (Wildman–Crippen LogP) is 1.55. The fraction of sp³-hybridized carbons (Fsp3) is 0.571. The molecule has 0 aromatic rings. The second-order valence-electron chi connectivity index (χ2n) is 1.95. The Kier molecular flexibility index (Phi) is 4.88. The van der Waals surface area contributed by atoms with Crippen LogP contribution in [0.15, 0.2) is 12.7 Å². The van der Waals surface area contributed by atoms with Gasteiger partial charge in [-0.25, -0.2) is 4.74 Å². The van der Waals surface area contributed by atoms with Gasteiger partial charge in [-0.2, -0.15) is 0 Å². The average molecular weight is 127 g/mol. The fourth-order valence-corrected chi connectivity index (χ4v) is 0.535. The molecule has 0 atom stereocenters. The standard InChI is InChI=1S/C7H13NO/c1-3-4-5-6-7-8(2)9/h3,7H,1,4-6H2,2H3/b8-7-. The van der Waals surface area contributed by atoms with E-state index in [1.807, 2.05) is 6.08 Å². The molecule has 0 aliphatic carbocycles. The summed E-state index contributed by atoms with van der Waals surface area (Å²) in [6, 6.07) is 0. The minimum Gasteiger partial charge on any atom is -0.624 e. The lowest BCUT2D eigenvalue weighted by Crippen LogP contribution is -1.94. The van der Waals surface area contributed by atoms with Crippen LogP contribution in [-0.2, 0) is 0 Å². The molecule has 0 spiro atoms. The van der Waals surface area contributed by atoms with Crippen molar-refractivity contribution < 1.29 is 4.74 Å². The molecule has 0 saturated carbocycles. The Morgan fingerprint density at radius 3 is 2.67 bits per heavy atom. The monoisotopic (exact) mass is 127 g/mol. The van der Waals surface area contributed by atoms with Gasteiger partial charge in [0.1, 0.15) is 7.05 Å². The topological polar surface area (TPSA) is 26.1 Å². The van der Waals surface area contributed by atoms with Gasteiger partial charge in [0.05, 0.1) is 0 Å². The highest BCUT2D eigenvalue weighted by molar-refractivity contribution is 5.50. The third-order valence-corrected chi connectivity index (χ3v) is 0.999. The van der Waals surface area contributed by atoms with Crippen molar-refractivity contribution in [2.75, 3.05) is 7.05 Å². The molecule has 0 aromatic heterocycles. The molecule has 0 rings (SSSR count). The van der Waals surface area contributed by atoms with Crippen molar-refractivity contribution in [2.45, 2.75) is 19.3 Å². The highest BCUT2D eigenvalue weighted by atomic mass is 16.5. The summed E-state index contributed by atoms with van der Waals surface area (Å²) >= 11 is 0. The smallest absolute Gasteiger partial charge is 0.150 e. The van der Waals surface area contributed by atoms with E-state index < -0.39 is 0 Å². The lowest BCUT2D eigenvalue weighted by molar-refractivity contribution is -0.418. The molecule has 0 radical (unpaired) electrons. The molecule has 9 heavy (non-hydrogen) atoms. The van der Waals surface area contributed by atoms with Gasteiger partial charge in [0.2, 0.25) is 0 Å². The summed E-state index contributed by atoms with van der Waals surface area (Å²) in [6.45, 7) is 3.57. The van der Waals surface area contributed by atoms with Crippen LogP contribution in [0.3, 0.4) is 0 Å². The van der Waals surface area contributed by atoms with Gasteiger partial charge in [0.25, 0.3) is 0 Å². The van der Waals surface area contributed by atoms with E-state index in [0.29, 0.717) is 0 Å². The molecule has 0 bridgehead atoms. The fourth-order valence-electron chi connectivity index (χ4n) is 0.535. The lowest BCUT2D eigenvalue weighted by atomic mass is 10.2. The Hall–Kier alpha value is -0.790. The normalized spacial score (nSPS) is 11.4. The Labute approximate surface area is 56.1 Å². The summed E-state index contributed by atoms with van der Waals surface area (Å²) in [4.78, 5) is 0. The number of unbranched alkanes of at least 4 members (excludes halogenated alkanes) is 2. The summed E-state index contributed by atoms with van der Waals surface area (Å²) in [7, 11) is 1.49. The van der Waals surface area contributed by atoms with Gasteiger partial charge in [-0.15, -0.1) is 6.58 Å². The number of rotatable bonds is 4. The van der Waals surface area contributed by atoms with Crippen molar-refractivity contribution in [1.29, 1.82) is 0 Å². The molecule has 0 aliphatic heterocycles. The number of nitrogens with zero attached hydrogens (tertiary/aromatic N) is 1. The van der Waals surface area contributed by atoms with Crippen LogP contribution >= 0.6 is 0 Å². The summed E-state index contributed by atoms with van der Waals surface area (Å²) < 4.78 is 0.836. The molecule has 0 unspecified atom stereocenters. The molecule has 0 aliphatic rings. The number of allylic oxidation sites excluding steroid dienone is 1. The van der Waals surface area contributed by atoms with Gasteiger partial charge in [0.15, 0.2) is 6.21 Å². The Morgan fingerprint density at radius 1 is 1.56 bits per heavy atom. The first-order valence-electron chi connectivity index (χ1n) is 3.11. The largest absolute Gasteiger partial charge is 0.624 e. The first kappa shape index (κ1) is 8.21. The Morgan fingerprint density at radius 2 is 2.22 bits per heavy atom. The van der Waals surface area contributed by atoms with E-state index >= 15 is 0 Å². The third-order valence-electron chi connectivity index (χ3n) is 0.999. The highest BCUT2D eigenvalue weighted by Crippen LogP contribution is 1.91. The van der Waals surface area contributed by atoms with Crippen molar-refractivity contribution >= 4 is 6.21 Å². The van der Waals surface area contributed by atoms with Crippen molar-refractivity contribution in [3.05, 3.63) is 17.9 Å². The van der Waals surface area contributed by atoms with E-state index in [2.05, 4.69) is 6.58 Å². The Balaban J connectivity index is 3.09. The summed E-state index contributed by atoms with van der Waals surface area (Å²) in [5.74, 6) is 0. The van der Waals surface area contributed by atoms with Crippen LogP contribution in [-0.4, -0.2) is 18.0 Å². The second kappa shape index (κ2) is 5.35.